The molecule has 1 aliphatic carbocycles. The molecule has 1 amide bonds. The average Bonchev–Trinajstić information content (AvgIpc) is 2.57. The van der Waals surface area contributed by atoms with E-state index in [-0.39, 0.29) is 0 Å². The van der Waals surface area contributed by atoms with Gasteiger partial charge in [-0.1, -0.05) is 32.6 Å². The minimum absolute atomic E-state index is 0.319. The van der Waals surface area contributed by atoms with Crippen LogP contribution in [0.25, 0.3) is 0 Å². The van der Waals surface area contributed by atoms with Gasteiger partial charge in [0.1, 0.15) is 0 Å². The first kappa shape index (κ1) is 14.8. The van der Waals surface area contributed by atoms with Crippen LogP contribution < -0.4 is 0 Å². The van der Waals surface area contributed by atoms with Gasteiger partial charge in [-0.15, -0.1) is 11.6 Å². The molecule has 0 N–H and O–H groups in total. The summed E-state index contributed by atoms with van der Waals surface area (Å²) in [6.07, 6.45) is 9.57. The maximum Gasteiger partial charge on any atom is 0.222 e. The summed E-state index contributed by atoms with van der Waals surface area (Å²) in [4.78, 5) is 14.1. The van der Waals surface area contributed by atoms with Crippen LogP contribution in [-0.4, -0.2) is 29.8 Å². The second-order valence-corrected chi connectivity index (χ2v) is 5.51. The van der Waals surface area contributed by atoms with Gasteiger partial charge in [-0.05, 0) is 25.2 Å². The van der Waals surface area contributed by atoms with Crippen LogP contribution in [0.15, 0.2) is 0 Å². The first-order valence-corrected chi connectivity index (χ1v) is 7.65. The lowest BCUT2D eigenvalue weighted by molar-refractivity contribution is -0.132. The third kappa shape index (κ3) is 5.76. The molecule has 0 saturated heterocycles. The second kappa shape index (κ2) is 8.79. The lowest BCUT2D eigenvalue weighted by Crippen LogP contribution is -2.34. The molecule has 0 unspecified atom stereocenters. The molecule has 0 heterocycles. The Morgan fingerprint density at radius 1 is 1.18 bits per heavy atom. The molecular formula is C14H26ClNO. The topological polar surface area (TPSA) is 20.3 Å². The molecule has 1 aliphatic rings. The number of amides is 1. The van der Waals surface area contributed by atoms with Crippen molar-refractivity contribution in [3.05, 3.63) is 0 Å². The van der Waals surface area contributed by atoms with Gasteiger partial charge in [0.05, 0.1) is 0 Å². The van der Waals surface area contributed by atoms with Crippen LogP contribution in [-0.2, 0) is 4.79 Å². The van der Waals surface area contributed by atoms with E-state index in [9.17, 15) is 4.79 Å². The first-order valence-electron chi connectivity index (χ1n) is 7.11. The van der Waals surface area contributed by atoms with E-state index >= 15 is 0 Å². The monoisotopic (exact) mass is 259 g/mol. The maximum atomic E-state index is 12.2. The molecule has 1 rings (SSSR count). The largest absolute Gasteiger partial charge is 0.342 e. The smallest absolute Gasteiger partial charge is 0.222 e. The highest BCUT2D eigenvalue weighted by Crippen LogP contribution is 2.26. The van der Waals surface area contributed by atoms with Gasteiger partial charge in [-0.2, -0.15) is 0 Å². The second-order valence-electron chi connectivity index (χ2n) is 5.13. The van der Waals surface area contributed by atoms with Gasteiger partial charge in [0.15, 0.2) is 0 Å². The van der Waals surface area contributed by atoms with E-state index < -0.39 is 0 Å². The number of nitrogens with zero attached hydrogens (tertiary/aromatic N) is 1. The van der Waals surface area contributed by atoms with Crippen LogP contribution in [0.4, 0.5) is 0 Å². The summed E-state index contributed by atoms with van der Waals surface area (Å²) < 4.78 is 0. The molecule has 0 bridgehead atoms. The van der Waals surface area contributed by atoms with Gasteiger partial charge in [0.25, 0.3) is 0 Å². The minimum Gasteiger partial charge on any atom is -0.342 e. The van der Waals surface area contributed by atoms with E-state index in [1.54, 1.807) is 0 Å². The first-order chi connectivity index (χ1) is 8.27. The Bertz CT molecular complexity index is 206. The third-order valence-corrected chi connectivity index (χ3v) is 3.81. The lowest BCUT2D eigenvalue weighted by atomic mass is 9.96. The van der Waals surface area contributed by atoms with Crippen molar-refractivity contribution >= 4 is 17.5 Å². The molecule has 0 aromatic heterocycles. The summed E-state index contributed by atoms with van der Waals surface area (Å²) in [5.41, 5.74) is 0. The zero-order chi connectivity index (χ0) is 12.5. The highest BCUT2D eigenvalue weighted by atomic mass is 35.5. The number of carbonyl (C=O) groups excluding carboxylic acids is 1. The van der Waals surface area contributed by atoms with Crippen molar-refractivity contribution in [2.45, 2.75) is 58.3 Å². The van der Waals surface area contributed by atoms with Crippen LogP contribution >= 0.6 is 11.6 Å². The number of alkyl halides is 1. The van der Waals surface area contributed by atoms with E-state index in [1.807, 2.05) is 4.90 Å². The Labute approximate surface area is 111 Å². The molecule has 17 heavy (non-hydrogen) atoms. The maximum absolute atomic E-state index is 12.2. The van der Waals surface area contributed by atoms with Gasteiger partial charge in [-0.3, -0.25) is 4.79 Å². The van der Waals surface area contributed by atoms with Gasteiger partial charge < -0.3 is 4.90 Å². The van der Waals surface area contributed by atoms with E-state index in [1.165, 1.54) is 38.5 Å². The Kier molecular flexibility index (Phi) is 7.67. The molecular weight excluding hydrogens is 234 g/mol. The van der Waals surface area contributed by atoms with Crippen molar-refractivity contribution < 1.29 is 4.79 Å². The Morgan fingerprint density at radius 2 is 1.82 bits per heavy atom. The molecule has 3 heteroatoms. The number of halogens is 1. The molecule has 0 aromatic carbocycles. The lowest BCUT2D eigenvalue weighted by Gasteiger charge is -2.23. The van der Waals surface area contributed by atoms with Crippen molar-refractivity contribution in [3.8, 4) is 0 Å². The van der Waals surface area contributed by atoms with Gasteiger partial charge in [0, 0.05) is 25.4 Å². The molecule has 1 fully saturated rings. The summed E-state index contributed by atoms with van der Waals surface area (Å²) in [6, 6.07) is 0. The normalized spacial score (nSPS) is 17.8. The molecule has 100 valence electrons. The molecule has 0 atom stereocenters. The Balaban J connectivity index is 2.38. The SMILES string of the molecule is CCCN(CCCl)C(=O)CC1CCCCCC1. The predicted octanol–water partition coefficient (Wildman–Crippen LogP) is 3.82. The third-order valence-electron chi connectivity index (χ3n) is 3.64. The van der Waals surface area contributed by atoms with Crippen molar-refractivity contribution in [2.75, 3.05) is 19.0 Å². The number of carbonyl (C=O) groups is 1. The Hall–Kier alpha value is -0.240. The van der Waals surface area contributed by atoms with Crippen LogP contribution in [0, 0.1) is 5.92 Å². The van der Waals surface area contributed by atoms with Gasteiger partial charge in [-0.25, -0.2) is 0 Å². The number of rotatable bonds is 6. The van der Waals surface area contributed by atoms with Crippen molar-refractivity contribution in [3.63, 3.8) is 0 Å². The van der Waals surface area contributed by atoms with Gasteiger partial charge in [0.2, 0.25) is 5.91 Å². The van der Waals surface area contributed by atoms with Crippen molar-refractivity contribution in [1.82, 2.24) is 4.90 Å². The highest BCUT2D eigenvalue weighted by molar-refractivity contribution is 6.18. The molecule has 0 aliphatic heterocycles. The molecule has 0 aromatic rings. The minimum atomic E-state index is 0.319. The van der Waals surface area contributed by atoms with E-state index in [0.29, 0.717) is 24.2 Å². The van der Waals surface area contributed by atoms with Crippen molar-refractivity contribution in [2.24, 2.45) is 5.92 Å². The Morgan fingerprint density at radius 3 is 2.35 bits per heavy atom. The van der Waals surface area contributed by atoms with Crippen LogP contribution in [0.5, 0.6) is 0 Å². The summed E-state index contributed by atoms with van der Waals surface area (Å²) in [5.74, 6) is 1.50. The summed E-state index contributed by atoms with van der Waals surface area (Å²) in [7, 11) is 0. The molecule has 0 radical (unpaired) electrons. The van der Waals surface area contributed by atoms with Crippen LogP contribution in [0.1, 0.15) is 58.3 Å². The quantitative estimate of drug-likeness (QED) is 0.525. The zero-order valence-corrected chi connectivity index (χ0v) is 11.8. The van der Waals surface area contributed by atoms with E-state index in [4.69, 9.17) is 11.6 Å². The van der Waals surface area contributed by atoms with Crippen LogP contribution in [0.2, 0.25) is 0 Å². The average molecular weight is 260 g/mol. The zero-order valence-electron chi connectivity index (χ0n) is 11.1. The number of hydrogen-bond acceptors (Lipinski definition) is 1. The summed E-state index contributed by atoms with van der Waals surface area (Å²) >= 11 is 5.75. The summed E-state index contributed by atoms with van der Waals surface area (Å²) in [5, 5.41) is 0. The summed E-state index contributed by atoms with van der Waals surface area (Å²) in [6.45, 7) is 3.68. The standard InChI is InChI=1S/C14H26ClNO/c1-2-10-16(11-9-15)14(17)12-13-7-5-3-4-6-8-13/h13H,2-12H2,1H3. The van der Waals surface area contributed by atoms with Crippen molar-refractivity contribution in [1.29, 1.82) is 0 Å². The molecule has 0 spiro atoms. The van der Waals surface area contributed by atoms with E-state index in [0.717, 1.165) is 19.4 Å². The fourth-order valence-electron chi connectivity index (χ4n) is 2.68. The number of hydrogen-bond donors (Lipinski definition) is 0. The predicted molar refractivity (Wildman–Crippen MR) is 73.4 cm³/mol. The van der Waals surface area contributed by atoms with Gasteiger partial charge >= 0.3 is 0 Å². The van der Waals surface area contributed by atoms with Crippen LogP contribution in [0.3, 0.4) is 0 Å². The molecule has 1 saturated carbocycles. The highest BCUT2D eigenvalue weighted by Gasteiger charge is 2.19. The molecule has 2 nitrogen and oxygen atoms in total. The van der Waals surface area contributed by atoms with E-state index in [2.05, 4.69) is 6.92 Å². The fourth-order valence-corrected chi connectivity index (χ4v) is 2.88. The fraction of sp³-hybridized carbons (Fsp3) is 0.929.